The van der Waals surface area contributed by atoms with Crippen LogP contribution in [0.2, 0.25) is 0 Å². The minimum Gasteiger partial charge on any atom is -0.378 e. The highest BCUT2D eigenvalue weighted by atomic mass is 16.5. The first-order valence-corrected chi connectivity index (χ1v) is 6.16. The van der Waals surface area contributed by atoms with Crippen LogP contribution in [0.1, 0.15) is 17.4 Å². The minimum atomic E-state index is 0.121. The molecule has 2 heterocycles. The van der Waals surface area contributed by atoms with Crippen molar-refractivity contribution in [2.24, 2.45) is 0 Å². The van der Waals surface area contributed by atoms with Crippen molar-refractivity contribution in [1.82, 2.24) is 20.1 Å². The lowest BCUT2D eigenvalue weighted by molar-refractivity contribution is 0.0742. The van der Waals surface area contributed by atoms with Crippen molar-refractivity contribution in [3.8, 4) is 0 Å². The molecule has 0 aliphatic carbocycles. The quantitative estimate of drug-likeness (QED) is 0.874. The second kappa shape index (κ2) is 5.29. The molecule has 5 heteroatoms. The third-order valence-electron chi connectivity index (χ3n) is 2.97. The van der Waals surface area contributed by atoms with Crippen LogP contribution in [0.15, 0.2) is 36.7 Å². The fourth-order valence-electron chi connectivity index (χ4n) is 2.05. The molecule has 0 bridgehead atoms. The fraction of sp³-hybridized carbons (Fsp3) is 0.385. The van der Waals surface area contributed by atoms with E-state index in [0.29, 0.717) is 6.61 Å². The summed E-state index contributed by atoms with van der Waals surface area (Å²) in [5, 5.41) is 7.84. The second-order valence-electron chi connectivity index (χ2n) is 4.37. The Morgan fingerprint density at radius 3 is 3.00 bits per heavy atom. The number of nitrogens with one attached hydrogen (secondary N) is 1. The van der Waals surface area contributed by atoms with Crippen LogP contribution in [-0.2, 0) is 11.3 Å². The number of rotatable bonds is 3. The Kier molecular flexibility index (Phi) is 3.34. The third-order valence-corrected chi connectivity index (χ3v) is 2.97. The van der Waals surface area contributed by atoms with E-state index in [0.717, 1.165) is 25.5 Å². The highest BCUT2D eigenvalue weighted by Gasteiger charge is 2.18. The normalized spacial score (nSPS) is 19.9. The van der Waals surface area contributed by atoms with E-state index in [2.05, 4.69) is 27.5 Å². The van der Waals surface area contributed by atoms with Gasteiger partial charge in [0.15, 0.2) is 5.82 Å². The summed E-state index contributed by atoms with van der Waals surface area (Å²) in [6.07, 6.45) is 1.78. The van der Waals surface area contributed by atoms with E-state index in [9.17, 15) is 0 Å². The van der Waals surface area contributed by atoms with Crippen LogP contribution in [0.4, 0.5) is 0 Å². The van der Waals surface area contributed by atoms with Gasteiger partial charge in [0.05, 0.1) is 25.8 Å². The zero-order chi connectivity index (χ0) is 12.2. The van der Waals surface area contributed by atoms with Crippen molar-refractivity contribution >= 4 is 0 Å². The monoisotopic (exact) mass is 244 g/mol. The molecule has 2 aromatic rings. The van der Waals surface area contributed by atoms with E-state index in [1.165, 1.54) is 5.56 Å². The lowest BCUT2D eigenvalue weighted by Gasteiger charge is -2.20. The van der Waals surface area contributed by atoms with Crippen LogP contribution in [0.5, 0.6) is 0 Å². The van der Waals surface area contributed by atoms with Crippen molar-refractivity contribution in [1.29, 1.82) is 0 Å². The molecule has 1 saturated heterocycles. The molecule has 1 aromatic carbocycles. The molecule has 1 aromatic heterocycles. The van der Waals surface area contributed by atoms with Crippen molar-refractivity contribution in [3.63, 3.8) is 0 Å². The molecule has 3 rings (SSSR count). The topological polar surface area (TPSA) is 52.0 Å². The van der Waals surface area contributed by atoms with Gasteiger partial charge >= 0.3 is 0 Å². The molecule has 1 N–H and O–H groups in total. The van der Waals surface area contributed by atoms with Crippen molar-refractivity contribution in [2.45, 2.75) is 12.6 Å². The molecule has 1 aliphatic rings. The average Bonchev–Trinajstić information content (AvgIpc) is 2.89. The smallest absolute Gasteiger partial charge is 0.169 e. The Morgan fingerprint density at radius 1 is 1.33 bits per heavy atom. The van der Waals surface area contributed by atoms with Gasteiger partial charge in [-0.3, -0.25) is 0 Å². The Labute approximate surface area is 106 Å². The maximum atomic E-state index is 5.41. The molecule has 0 saturated carbocycles. The lowest BCUT2D eigenvalue weighted by atomic mass is 10.2. The van der Waals surface area contributed by atoms with Crippen LogP contribution in [-0.4, -0.2) is 34.5 Å². The van der Waals surface area contributed by atoms with Crippen LogP contribution in [0.25, 0.3) is 0 Å². The number of aromatic nitrogens is 3. The standard InChI is InChI=1S/C13H16N4O/c1-2-4-11(5-3-1)8-17-10-15-13(16-17)12-9-18-7-6-14-12/h1-5,10,12,14H,6-9H2/t12-/m0/s1. The fourth-order valence-corrected chi connectivity index (χ4v) is 2.05. The maximum absolute atomic E-state index is 5.41. The number of benzene rings is 1. The summed E-state index contributed by atoms with van der Waals surface area (Å²) in [6, 6.07) is 10.4. The molecular weight excluding hydrogens is 228 g/mol. The first-order valence-electron chi connectivity index (χ1n) is 6.16. The molecule has 18 heavy (non-hydrogen) atoms. The van der Waals surface area contributed by atoms with Crippen LogP contribution in [0.3, 0.4) is 0 Å². The Bertz CT molecular complexity index is 491. The average molecular weight is 244 g/mol. The van der Waals surface area contributed by atoms with E-state index in [-0.39, 0.29) is 6.04 Å². The number of hydrogen-bond donors (Lipinski definition) is 1. The minimum absolute atomic E-state index is 0.121. The van der Waals surface area contributed by atoms with Gasteiger partial charge in [-0.05, 0) is 5.56 Å². The summed E-state index contributed by atoms with van der Waals surface area (Å²) in [4.78, 5) is 4.35. The molecule has 1 atom stereocenters. The van der Waals surface area contributed by atoms with Gasteiger partial charge in [0.1, 0.15) is 6.33 Å². The van der Waals surface area contributed by atoms with Crippen LogP contribution >= 0.6 is 0 Å². The molecule has 1 fully saturated rings. The highest BCUT2D eigenvalue weighted by molar-refractivity contribution is 5.14. The van der Waals surface area contributed by atoms with E-state index in [1.54, 1.807) is 6.33 Å². The van der Waals surface area contributed by atoms with Gasteiger partial charge in [-0.1, -0.05) is 30.3 Å². The van der Waals surface area contributed by atoms with Crippen LogP contribution in [0, 0.1) is 0 Å². The van der Waals surface area contributed by atoms with E-state index in [1.807, 2.05) is 22.9 Å². The lowest BCUT2D eigenvalue weighted by Crippen LogP contribution is -2.35. The molecule has 5 nitrogen and oxygen atoms in total. The second-order valence-corrected chi connectivity index (χ2v) is 4.37. The molecule has 1 aliphatic heterocycles. The first kappa shape index (κ1) is 11.4. The van der Waals surface area contributed by atoms with Gasteiger partial charge in [-0.15, -0.1) is 0 Å². The molecule has 0 unspecified atom stereocenters. The zero-order valence-electron chi connectivity index (χ0n) is 10.1. The Hall–Kier alpha value is -1.72. The number of morpholine rings is 1. The van der Waals surface area contributed by atoms with Gasteiger partial charge < -0.3 is 10.1 Å². The molecule has 0 spiro atoms. The number of hydrogen-bond acceptors (Lipinski definition) is 4. The third kappa shape index (κ3) is 2.57. The van der Waals surface area contributed by atoms with Gasteiger partial charge in [0, 0.05) is 6.54 Å². The number of ether oxygens (including phenoxy) is 1. The predicted octanol–water partition coefficient (Wildman–Crippen LogP) is 0.987. The summed E-state index contributed by atoms with van der Waals surface area (Å²) in [5.41, 5.74) is 1.22. The van der Waals surface area contributed by atoms with Crippen molar-refractivity contribution in [2.75, 3.05) is 19.8 Å². The van der Waals surface area contributed by atoms with Gasteiger partial charge in [-0.2, -0.15) is 5.10 Å². The predicted molar refractivity (Wildman–Crippen MR) is 67.1 cm³/mol. The Balaban J connectivity index is 1.69. The zero-order valence-corrected chi connectivity index (χ0v) is 10.1. The molecular formula is C13H16N4O. The molecule has 94 valence electrons. The van der Waals surface area contributed by atoms with E-state index < -0.39 is 0 Å². The largest absolute Gasteiger partial charge is 0.378 e. The van der Waals surface area contributed by atoms with Crippen LogP contribution < -0.4 is 5.32 Å². The summed E-state index contributed by atoms with van der Waals surface area (Å²) in [7, 11) is 0. The van der Waals surface area contributed by atoms with Gasteiger partial charge in [0.25, 0.3) is 0 Å². The first-order chi connectivity index (χ1) is 8.92. The van der Waals surface area contributed by atoms with Crippen molar-refractivity contribution < 1.29 is 4.74 Å². The summed E-state index contributed by atoms with van der Waals surface area (Å²) in [5.74, 6) is 0.811. The number of nitrogens with zero attached hydrogens (tertiary/aromatic N) is 3. The van der Waals surface area contributed by atoms with E-state index >= 15 is 0 Å². The van der Waals surface area contributed by atoms with Gasteiger partial charge in [-0.25, -0.2) is 9.67 Å². The summed E-state index contributed by atoms with van der Waals surface area (Å²) in [6.45, 7) is 3.02. The summed E-state index contributed by atoms with van der Waals surface area (Å²) >= 11 is 0. The highest BCUT2D eigenvalue weighted by Crippen LogP contribution is 2.11. The maximum Gasteiger partial charge on any atom is 0.169 e. The summed E-state index contributed by atoms with van der Waals surface area (Å²) < 4.78 is 7.27. The van der Waals surface area contributed by atoms with E-state index in [4.69, 9.17) is 4.74 Å². The SMILES string of the molecule is c1ccc(Cn2cnc([C@@H]3COCCN3)n2)cc1. The molecule has 0 radical (unpaired) electrons. The molecule has 0 amide bonds. The van der Waals surface area contributed by atoms with Crippen molar-refractivity contribution in [3.05, 3.63) is 48.0 Å². The van der Waals surface area contributed by atoms with Gasteiger partial charge in [0.2, 0.25) is 0 Å². The Morgan fingerprint density at radius 2 is 2.22 bits per heavy atom.